The first-order valence-electron chi connectivity index (χ1n) is 8.12. The molecule has 25 heavy (non-hydrogen) atoms. The Labute approximate surface area is 144 Å². The van der Waals surface area contributed by atoms with E-state index >= 15 is 0 Å². The fraction of sp³-hybridized carbons (Fsp3) is 0.150. The third-order valence-corrected chi connectivity index (χ3v) is 4.60. The molecule has 126 valence electrons. The molecule has 0 aliphatic rings. The summed E-state index contributed by atoms with van der Waals surface area (Å²) in [4.78, 5) is 4.11. The molecule has 0 fully saturated rings. The highest BCUT2D eigenvalue weighted by Crippen LogP contribution is 2.29. The highest BCUT2D eigenvalue weighted by Gasteiger charge is 2.16. The Hall–Kier alpha value is -2.95. The predicted octanol–water partition coefficient (Wildman–Crippen LogP) is 4.77. The molecule has 0 aliphatic heterocycles. The number of fused-ring (bicyclic) bond motifs is 1. The molecule has 3 nitrogen and oxygen atoms in total. The number of para-hydroxylation sites is 1. The fourth-order valence-corrected chi connectivity index (χ4v) is 3.23. The summed E-state index contributed by atoms with van der Waals surface area (Å²) in [5.41, 5.74) is 2.62. The molecule has 0 saturated carbocycles. The van der Waals surface area contributed by atoms with Crippen LogP contribution in [0, 0.1) is 11.6 Å². The van der Waals surface area contributed by atoms with Crippen LogP contribution in [0.25, 0.3) is 10.9 Å². The monoisotopic (exact) mass is 337 g/mol. The van der Waals surface area contributed by atoms with Gasteiger partial charge in [0.15, 0.2) is 0 Å². The van der Waals surface area contributed by atoms with E-state index < -0.39 is 11.6 Å². The Morgan fingerprint density at radius 2 is 1.96 bits per heavy atom. The second-order valence-corrected chi connectivity index (χ2v) is 6.15. The first kappa shape index (κ1) is 15.6. The second-order valence-electron chi connectivity index (χ2n) is 6.15. The molecule has 0 N–H and O–H groups in total. The van der Waals surface area contributed by atoms with Crippen molar-refractivity contribution in [2.45, 2.75) is 19.5 Å². The molecule has 0 spiro atoms. The normalized spacial score (nSPS) is 12.6. The van der Waals surface area contributed by atoms with Crippen LogP contribution in [0.15, 0.2) is 67.4 Å². The van der Waals surface area contributed by atoms with Gasteiger partial charge in [0.1, 0.15) is 11.6 Å². The van der Waals surface area contributed by atoms with Gasteiger partial charge in [-0.3, -0.25) is 0 Å². The smallest absolute Gasteiger partial charge is 0.131 e. The molecule has 4 rings (SSSR count). The summed E-state index contributed by atoms with van der Waals surface area (Å²) in [5.74, 6) is -1.09. The first-order chi connectivity index (χ1) is 12.1. The van der Waals surface area contributed by atoms with Crippen LogP contribution in [0.3, 0.4) is 0 Å². The molecule has 4 aromatic rings. The number of imidazole rings is 1. The van der Waals surface area contributed by atoms with Gasteiger partial charge in [-0.05, 0) is 19.1 Å². The van der Waals surface area contributed by atoms with Gasteiger partial charge in [-0.1, -0.05) is 24.3 Å². The van der Waals surface area contributed by atoms with Crippen molar-refractivity contribution in [3.63, 3.8) is 0 Å². The molecule has 1 unspecified atom stereocenters. The van der Waals surface area contributed by atoms with E-state index in [1.54, 1.807) is 12.5 Å². The summed E-state index contributed by atoms with van der Waals surface area (Å²) in [5, 5.41) is 1.12. The zero-order valence-corrected chi connectivity index (χ0v) is 13.7. The van der Waals surface area contributed by atoms with Crippen molar-refractivity contribution in [1.29, 1.82) is 0 Å². The second kappa shape index (κ2) is 6.16. The van der Waals surface area contributed by atoms with Gasteiger partial charge in [0, 0.05) is 46.7 Å². The van der Waals surface area contributed by atoms with E-state index in [1.165, 1.54) is 12.1 Å². The lowest BCUT2D eigenvalue weighted by molar-refractivity contribution is 0.567. The highest BCUT2D eigenvalue weighted by atomic mass is 19.1. The van der Waals surface area contributed by atoms with Gasteiger partial charge in [0.05, 0.1) is 18.9 Å². The van der Waals surface area contributed by atoms with Gasteiger partial charge in [0.25, 0.3) is 0 Å². The summed E-state index contributed by atoms with van der Waals surface area (Å²) in [7, 11) is 0. The minimum absolute atomic E-state index is 0.103. The minimum Gasteiger partial charge on any atom is -0.343 e. The number of hydrogen-bond acceptors (Lipinski definition) is 1. The number of rotatable bonds is 4. The van der Waals surface area contributed by atoms with E-state index in [4.69, 9.17) is 0 Å². The van der Waals surface area contributed by atoms with Crippen molar-refractivity contribution in [1.82, 2.24) is 14.1 Å². The lowest BCUT2D eigenvalue weighted by atomic mass is 10.1. The van der Waals surface area contributed by atoms with Crippen molar-refractivity contribution in [3.8, 4) is 0 Å². The summed E-state index contributed by atoms with van der Waals surface area (Å²) in [6.07, 6.45) is 7.51. The van der Waals surface area contributed by atoms with Crippen LogP contribution >= 0.6 is 0 Å². The Balaban J connectivity index is 1.79. The molecular formula is C20H17F2N3. The van der Waals surface area contributed by atoms with Gasteiger partial charge in [-0.2, -0.15) is 0 Å². The van der Waals surface area contributed by atoms with E-state index in [0.29, 0.717) is 12.1 Å². The number of halogens is 2. The molecule has 5 heteroatoms. The molecule has 2 aromatic carbocycles. The van der Waals surface area contributed by atoms with Crippen LogP contribution in [0.4, 0.5) is 8.78 Å². The molecule has 2 heterocycles. The van der Waals surface area contributed by atoms with Crippen molar-refractivity contribution in [2.75, 3.05) is 0 Å². The lowest BCUT2D eigenvalue weighted by Crippen LogP contribution is -2.04. The molecule has 0 bridgehead atoms. The third kappa shape index (κ3) is 2.82. The third-order valence-electron chi connectivity index (χ3n) is 4.60. The number of benzene rings is 2. The molecular weight excluding hydrogens is 320 g/mol. The zero-order chi connectivity index (χ0) is 17.4. The highest BCUT2D eigenvalue weighted by molar-refractivity contribution is 5.84. The van der Waals surface area contributed by atoms with Crippen LogP contribution in [0.5, 0.6) is 0 Å². The summed E-state index contributed by atoms with van der Waals surface area (Å²) >= 11 is 0. The lowest BCUT2D eigenvalue weighted by Gasteiger charge is -2.12. The molecule has 0 saturated heterocycles. The maximum Gasteiger partial charge on any atom is 0.131 e. The van der Waals surface area contributed by atoms with Gasteiger partial charge < -0.3 is 9.13 Å². The average Bonchev–Trinajstić information content (AvgIpc) is 3.26. The molecule has 1 atom stereocenters. The van der Waals surface area contributed by atoms with Crippen LogP contribution in [0.1, 0.15) is 24.1 Å². The summed E-state index contributed by atoms with van der Waals surface area (Å²) in [6.45, 7) is 2.45. The van der Waals surface area contributed by atoms with Crippen LogP contribution < -0.4 is 0 Å². The zero-order valence-electron chi connectivity index (χ0n) is 13.7. The minimum atomic E-state index is -0.562. The van der Waals surface area contributed by atoms with Crippen LogP contribution in [0.2, 0.25) is 0 Å². The van der Waals surface area contributed by atoms with Gasteiger partial charge in [0.2, 0.25) is 0 Å². The molecule has 2 aromatic heterocycles. The SMILES string of the molecule is CC(c1cn(Cc2ccc(F)cc2F)c2ccccc12)n1ccnc1. The van der Waals surface area contributed by atoms with E-state index in [9.17, 15) is 8.78 Å². The van der Waals surface area contributed by atoms with Crippen molar-refractivity contribution < 1.29 is 8.78 Å². The largest absolute Gasteiger partial charge is 0.343 e. The topological polar surface area (TPSA) is 22.8 Å². The number of hydrogen-bond donors (Lipinski definition) is 0. The standard InChI is InChI=1S/C20H17F2N3/c1-14(24-9-8-23-13-24)18-12-25(20-5-3-2-4-17(18)20)11-15-6-7-16(21)10-19(15)22/h2-10,12-14H,11H2,1H3. The Morgan fingerprint density at radius 3 is 2.72 bits per heavy atom. The van der Waals surface area contributed by atoms with E-state index in [1.807, 2.05) is 39.7 Å². The number of nitrogens with zero attached hydrogens (tertiary/aromatic N) is 3. The van der Waals surface area contributed by atoms with Gasteiger partial charge in [-0.25, -0.2) is 13.8 Å². The van der Waals surface area contributed by atoms with Crippen molar-refractivity contribution in [3.05, 3.63) is 90.1 Å². The number of aromatic nitrogens is 3. The Bertz CT molecular complexity index is 1020. The molecule has 0 radical (unpaired) electrons. The molecule has 0 aliphatic carbocycles. The maximum absolute atomic E-state index is 14.1. The Morgan fingerprint density at radius 1 is 1.12 bits per heavy atom. The van der Waals surface area contributed by atoms with Gasteiger partial charge in [-0.15, -0.1) is 0 Å². The van der Waals surface area contributed by atoms with Crippen LogP contribution in [-0.4, -0.2) is 14.1 Å². The average molecular weight is 337 g/mol. The quantitative estimate of drug-likeness (QED) is 0.526. The fourth-order valence-electron chi connectivity index (χ4n) is 3.23. The molecule has 0 amide bonds. The maximum atomic E-state index is 14.1. The van der Waals surface area contributed by atoms with E-state index in [-0.39, 0.29) is 6.04 Å². The first-order valence-corrected chi connectivity index (χ1v) is 8.12. The van der Waals surface area contributed by atoms with E-state index in [0.717, 1.165) is 22.5 Å². The van der Waals surface area contributed by atoms with Crippen LogP contribution in [-0.2, 0) is 6.54 Å². The Kier molecular flexibility index (Phi) is 3.84. The van der Waals surface area contributed by atoms with Crippen molar-refractivity contribution >= 4 is 10.9 Å². The summed E-state index contributed by atoms with van der Waals surface area (Å²) in [6, 6.07) is 11.9. The van der Waals surface area contributed by atoms with Crippen molar-refractivity contribution in [2.24, 2.45) is 0 Å². The van der Waals surface area contributed by atoms with E-state index in [2.05, 4.69) is 18.0 Å². The predicted molar refractivity (Wildman–Crippen MR) is 93.4 cm³/mol. The summed E-state index contributed by atoms with van der Waals surface area (Å²) < 4.78 is 31.3. The van der Waals surface area contributed by atoms with Gasteiger partial charge >= 0.3 is 0 Å².